The first kappa shape index (κ1) is 13.3. The Kier molecular flexibility index (Phi) is 3.97. The standard InChI is InChI=1S/C14H16N2O3/c1-3-19-9(2)12-15-13(17)11(14(18)16-12)10-7-5-4-6-8-10/h4-9H,3H2,1-2H3,(H2,15,16,17,18). The quantitative estimate of drug-likeness (QED) is 0.884. The van der Waals surface area contributed by atoms with Crippen LogP contribution in [0.5, 0.6) is 5.88 Å². The SMILES string of the molecule is CCOC(C)c1nc(O)c(-c2ccccc2)c(=O)[nH]1. The molecule has 1 aromatic carbocycles. The smallest absolute Gasteiger partial charge is 0.262 e. The summed E-state index contributed by atoms with van der Waals surface area (Å²) in [4.78, 5) is 18.7. The Morgan fingerprint density at radius 3 is 2.63 bits per heavy atom. The van der Waals surface area contributed by atoms with Crippen LogP contribution in [0.2, 0.25) is 0 Å². The van der Waals surface area contributed by atoms with Gasteiger partial charge in [-0.25, -0.2) is 0 Å². The molecule has 5 heteroatoms. The van der Waals surface area contributed by atoms with Gasteiger partial charge in [-0.1, -0.05) is 30.3 Å². The number of aromatic nitrogens is 2. The van der Waals surface area contributed by atoms with Crippen molar-refractivity contribution in [2.75, 3.05) is 6.61 Å². The van der Waals surface area contributed by atoms with Crippen LogP contribution in [0.15, 0.2) is 35.1 Å². The zero-order valence-corrected chi connectivity index (χ0v) is 10.9. The molecule has 5 nitrogen and oxygen atoms in total. The van der Waals surface area contributed by atoms with E-state index in [1.807, 2.05) is 13.0 Å². The summed E-state index contributed by atoms with van der Waals surface area (Å²) in [6.45, 7) is 4.13. The van der Waals surface area contributed by atoms with Gasteiger partial charge in [0.25, 0.3) is 5.56 Å². The van der Waals surface area contributed by atoms with E-state index in [4.69, 9.17) is 4.74 Å². The Bertz CT molecular complexity index is 608. The van der Waals surface area contributed by atoms with E-state index in [1.165, 1.54) is 0 Å². The molecule has 0 spiro atoms. The van der Waals surface area contributed by atoms with Gasteiger partial charge in [-0.05, 0) is 19.4 Å². The number of H-pyrrole nitrogens is 1. The lowest BCUT2D eigenvalue weighted by molar-refractivity contribution is 0.0694. The molecule has 0 radical (unpaired) electrons. The van der Waals surface area contributed by atoms with Crippen LogP contribution < -0.4 is 5.56 Å². The highest BCUT2D eigenvalue weighted by atomic mass is 16.5. The zero-order valence-electron chi connectivity index (χ0n) is 10.9. The largest absolute Gasteiger partial charge is 0.493 e. The fourth-order valence-electron chi connectivity index (χ4n) is 1.86. The summed E-state index contributed by atoms with van der Waals surface area (Å²) in [6.07, 6.45) is -0.367. The van der Waals surface area contributed by atoms with E-state index in [1.54, 1.807) is 31.2 Å². The van der Waals surface area contributed by atoms with E-state index in [9.17, 15) is 9.90 Å². The number of aromatic amines is 1. The van der Waals surface area contributed by atoms with Gasteiger partial charge in [0.15, 0.2) is 0 Å². The molecule has 19 heavy (non-hydrogen) atoms. The minimum absolute atomic E-state index is 0.174. The number of hydrogen-bond acceptors (Lipinski definition) is 4. The summed E-state index contributed by atoms with van der Waals surface area (Å²) in [5.74, 6) is 0.0422. The average molecular weight is 260 g/mol. The van der Waals surface area contributed by atoms with Gasteiger partial charge in [-0.2, -0.15) is 4.98 Å². The van der Waals surface area contributed by atoms with E-state index in [0.717, 1.165) is 0 Å². The van der Waals surface area contributed by atoms with Gasteiger partial charge >= 0.3 is 0 Å². The maximum atomic E-state index is 12.1. The first-order valence-corrected chi connectivity index (χ1v) is 6.13. The summed E-state index contributed by atoms with van der Waals surface area (Å²) in [5, 5.41) is 9.96. The molecular formula is C14H16N2O3. The first-order chi connectivity index (χ1) is 9.13. The minimum atomic E-state index is -0.375. The van der Waals surface area contributed by atoms with E-state index < -0.39 is 0 Å². The molecule has 2 aromatic rings. The molecule has 2 N–H and O–H groups in total. The van der Waals surface area contributed by atoms with Crippen molar-refractivity contribution in [1.82, 2.24) is 9.97 Å². The molecule has 0 aliphatic carbocycles. The minimum Gasteiger partial charge on any atom is -0.493 e. The molecule has 100 valence electrons. The Labute approximate surface area is 110 Å². The first-order valence-electron chi connectivity index (χ1n) is 6.13. The van der Waals surface area contributed by atoms with Gasteiger partial charge < -0.3 is 14.8 Å². The monoisotopic (exact) mass is 260 g/mol. The summed E-state index contributed by atoms with van der Waals surface area (Å²) < 4.78 is 5.34. The van der Waals surface area contributed by atoms with Crippen molar-refractivity contribution in [2.45, 2.75) is 20.0 Å². The Morgan fingerprint density at radius 1 is 1.37 bits per heavy atom. The molecule has 1 unspecified atom stereocenters. The molecule has 0 bridgehead atoms. The number of benzene rings is 1. The third-order valence-electron chi connectivity index (χ3n) is 2.78. The van der Waals surface area contributed by atoms with E-state index in [2.05, 4.69) is 9.97 Å². The lowest BCUT2D eigenvalue weighted by Gasteiger charge is -2.12. The molecule has 1 aromatic heterocycles. The van der Waals surface area contributed by atoms with Crippen LogP contribution in [-0.2, 0) is 4.74 Å². The summed E-state index contributed by atoms with van der Waals surface area (Å²) in [5.41, 5.74) is 0.428. The van der Waals surface area contributed by atoms with Gasteiger partial charge in [0.2, 0.25) is 5.88 Å². The van der Waals surface area contributed by atoms with Crippen LogP contribution in [0.3, 0.4) is 0 Å². The second-order valence-corrected chi connectivity index (χ2v) is 4.11. The molecular weight excluding hydrogens is 244 g/mol. The Hall–Kier alpha value is -2.14. The predicted molar refractivity (Wildman–Crippen MR) is 72.0 cm³/mol. The van der Waals surface area contributed by atoms with Crippen molar-refractivity contribution in [3.8, 4) is 17.0 Å². The van der Waals surface area contributed by atoms with Crippen LogP contribution in [0.1, 0.15) is 25.8 Å². The Balaban J connectivity index is 2.47. The molecule has 0 aliphatic heterocycles. The number of aromatic hydroxyl groups is 1. The lowest BCUT2D eigenvalue weighted by atomic mass is 10.1. The van der Waals surface area contributed by atoms with Crippen LogP contribution in [-0.4, -0.2) is 21.7 Å². The van der Waals surface area contributed by atoms with Gasteiger partial charge in [0.05, 0.1) is 0 Å². The second-order valence-electron chi connectivity index (χ2n) is 4.11. The molecule has 0 fully saturated rings. The van der Waals surface area contributed by atoms with Crippen molar-refractivity contribution >= 4 is 0 Å². The number of rotatable bonds is 4. The number of hydrogen-bond donors (Lipinski definition) is 2. The highest BCUT2D eigenvalue weighted by Gasteiger charge is 2.15. The molecule has 0 saturated heterocycles. The fraction of sp³-hybridized carbons (Fsp3) is 0.286. The third kappa shape index (κ3) is 2.82. The van der Waals surface area contributed by atoms with Crippen molar-refractivity contribution < 1.29 is 9.84 Å². The van der Waals surface area contributed by atoms with Crippen LogP contribution in [0, 0.1) is 0 Å². The maximum absolute atomic E-state index is 12.1. The predicted octanol–water partition coefficient (Wildman–Crippen LogP) is 2.24. The molecule has 1 heterocycles. The number of nitrogens with zero attached hydrogens (tertiary/aromatic N) is 1. The molecule has 2 rings (SSSR count). The highest BCUT2D eigenvalue weighted by molar-refractivity contribution is 5.66. The number of nitrogens with one attached hydrogen (secondary N) is 1. The highest BCUT2D eigenvalue weighted by Crippen LogP contribution is 2.24. The summed E-state index contributed by atoms with van der Waals surface area (Å²) in [7, 11) is 0. The number of ether oxygens (including phenoxy) is 1. The van der Waals surface area contributed by atoms with Crippen molar-refractivity contribution in [3.05, 3.63) is 46.5 Å². The zero-order chi connectivity index (χ0) is 13.8. The third-order valence-corrected chi connectivity index (χ3v) is 2.78. The van der Waals surface area contributed by atoms with Crippen LogP contribution >= 0.6 is 0 Å². The van der Waals surface area contributed by atoms with Gasteiger partial charge in [0.1, 0.15) is 17.5 Å². The van der Waals surface area contributed by atoms with Gasteiger partial charge in [-0.3, -0.25) is 4.79 Å². The van der Waals surface area contributed by atoms with E-state index in [-0.39, 0.29) is 23.1 Å². The van der Waals surface area contributed by atoms with Crippen LogP contribution in [0.4, 0.5) is 0 Å². The van der Waals surface area contributed by atoms with Crippen molar-refractivity contribution in [1.29, 1.82) is 0 Å². The molecule has 0 amide bonds. The van der Waals surface area contributed by atoms with E-state index >= 15 is 0 Å². The Morgan fingerprint density at radius 2 is 2.05 bits per heavy atom. The van der Waals surface area contributed by atoms with Gasteiger partial charge in [0, 0.05) is 6.61 Å². The maximum Gasteiger partial charge on any atom is 0.262 e. The molecule has 0 saturated carbocycles. The molecule has 1 atom stereocenters. The molecule has 0 aliphatic rings. The summed E-state index contributed by atoms with van der Waals surface area (Å²) >= 11 is 0. The van der Waals surface area contributed by atoms with Crippen molar-refractivity contribution in [3.63, 3.8) is 0 Å². The topological polar surface area (TPSA) is 75.2 Å². The lowest BCUT2D eigenvalue weighted by Crippen LogP contribution is -2.16. The average Bonchev–Trinajstić information content (AvgIpc) is 2.39. The van der Waals surface area contributed by atoms with Crippen LogP contribution in [0.25, 0.3) is 11.1 Å². The van der Waals surface area contributed by atoms with E-state index in [0.29, 0.717) is 18.0 Å². The summed E-state index contributed by atoms with van der Waals surface area (Å²) in [6, 6.07) is 8.93. The fourth-order valence-corrected chi connectivity index (χ4v) is 1.86. The van der Waals surface area contributed by atoms with Gasteiger partial charge in [-0.15, -0.1) is 0 Å². The second kappa shape index (κ2) is 5.67. The van der Waals surface area contributed by atoms with Crippen molar-refractivity contribution in [2.24, 2.45) is 0 Å². The normalized spacial score (nSPS) is 12.3.